The van der Waals surface area contributed by atoms with Gasteiger partial charge in [0.25, 0.3) is 5.91 Å². The Hall–Kier alpha value is -3.51. The number of rotatable bonds is 9. The first kappa shape index (κ1) is 24.6. The second-order valence-electron chi connectivity index (χ2n) is 8.44. The smallest absolute Gasteiger partial charge is 0.269 e. The van der Waals surface area contributed by atoms with Gasteiger partial charge in [0, 0.05) is 17.7 Å². The Labute approximate surface area is 206 Å². The van der Waals surface area contributed by atoms with Crippen molar-refractivity contribution in [2.45, 2.75) is 31.2 Å². The molecule has 1 aliphatic rings. The Morgan fingerprint density at radius 3 is 2.60 bits per heavy atom. The van der Waals surface area contributed by atoms with Crippen molar-refractivity contribution in [2.75, 3.05) is 18.1 Å². The van der Waals surface area contributed by atoms with Crippen molar-refractivity contribution in [3.05, 3.63) is 52.8 Å². The van der Waals surface area contributed by atoms with E-state index < -0.39 is 21.7 Å². The summed E-state index contributed by atoms with van der Waals surface area (Å²) in [4.78, 5) is 43.2. The Bertz CT molecular complexity index is 1430. The molecular formula is C22H23ClN6O5S. The highest BCUT2D eigenvalue weighted by atomic mass is 35.5. The van der Waals surface area contributed by atoms with E-state index in [0.717, 1.165) is 19.1 Å². The number of hydrogen-bond acceptors (Lipinski definition) is 7. The van der Waals surface area contributed by atoms with Crippen LogP contribution in [0.2, 0.25) is 5.15 Å². The van der Waals surface area contributed by atoms with Crippen molar-refractivity contribution >= 4 is 55.9 Å². The molecule has 0 atom stereocenters. The lowest BCUT2D eigenvalue weighted by Gasteiger charge is -2.22. The van der Waals surface area contributed by atoms with Gasteiger partial charge >= 0.3 is 0 Å². The molecule has 0 unspecified atom stereocenters. The predicted octanol–water partition coefficient (Wildman–Crippen LogP) is 1.36. The van der Waals surface area contributed by atoms with Gasteiger partial charge in [-0.1, -0.05) is 23.7 Å². The van der Waals surface area contributed by atoms with E-state index in [-0.39, 0.29) is 47.5 Å². The highest BCUT2D eigenvalue weighted by Crippen LogP contribution is 2.28. The summed E-state index contributed by atoms with van der Waals surface area (Å²) >= 11 is 5.85. The summed E-state index contributed by atoms with van der Waals surface area (Å²) in [7, 11) is -3.30. The molecule has 3 N–H and O–H groups in total. The Balaban J connectivity index is 1.55. The van der Waals surface area contributed by atoms with Gasteiger partial charge < -0.3 is 16.0 Å². The summed E-state index contributed by atoms with van der Waals surface area (Å²) in [6.45, 7) is -0.410. The Kier molecular flexibility index (Phi) is 6.77. The molecule has 3 amide bonds. The molecule has 1 aromatic carbocycles. The average Bonchev–Trinajstić information content (AvgIpc) is 3.53. The maximum Gasteiger partial charge on any atom is 0.269 e. The summed E-state index contributed by atoms with van der Waals surface area (Å²) in [6, 6.07) is 9.48. The van der Waals surface area contributed by atoms with E-state index in [9.17, 15) is 22.8 Å². The van der Waals surface area contributed by atoms with Gasteiger partial charge in [0.1, 0.15) is 24.1 Å². The zero-order valence-electron chi connectivity index (χ0n) is 18.8. The van der Waals surface area contributed by atoms with Crippen molar-refractivity contribution in [3.63, 3.8) is 0 Å². The fourth-order valence-electron chi connectivity index (χ4n) is 3.76. The first-order chi connectivity index (χ1) is 16.5. The van der Waals surface area contributed by atoms with Crippen LogP contribution in [-0.4, -0.2) is 64.6 Å². The predicted molar refractivity (Wildman–Crippen MR) is 129 cm³/mol. The minimum atomic E-state index is -3.30. The highest BCUT2D eigenvalue weighted by Gasteiger charge is 2.34. The number of sulfone groups is 1. The van der Waals surface area contributed by atoms with Crippen LogP contribution in [0, 0.1) is 0 Å². The van der Waals surface area contributed by atoms with Crippen LogP contribution in [0.5, 0.6) is 0 Å². The number of nitrogens with zero attached hydrogens (tertiary/aromatic N) is 4. The maximum atomic E-state index is 13.2. The number of nitrogens with one attached hydrogen (secondary N) is 1. The van der Waals surface area contributed by atoms with Crippen LogP contribution < -0.4 is 11.1 Å². The molecule has 35 heavy (non-hydrogen) atoms. The maximum absolute atomic E-state index is 13.2. The van der Waals surface area contributed by atoms with Crippen LogP contribution in [0.3, 0.4) is 0 Å². The summed E-state index contributed by atoms with van der Waals surface area (Å²) in [5.41, 5.74) is 6.33. The monoisotopic (exact) mass is 518 g/mol. The van der Waals surface area contributed by atoms with Crippen molar-refractivity contribution in [2.24, 2.45) is 5.73 Å². The largest absolute Gasteiger partial charge is 0.364 e. The normalized spacial score (nSPS) is 13.5. The van der Waals surface area contributed by atoms with Gasteiger partial charge in [0.2, 0.25) is 11.8 Å². The molecule has 2 heterocycles. The molecule has 184 valence electrons. The number of fused-ring (bicyclic) bond motifs is 1. The molecule has 0 radical (unpaired) electrons. The first-order valence-corrected chi connectivity index (χ1v) is 13.1. The summed E-state index contributed by atoms with van der Waals surface area (Å²) < 4.78 is 24.7. The van der Waals surface area contributed by atoms with Gasteiger partial charge in [-0.25, -0.2) is 13.4 Å². The van der Waals surface area contributed by atoms with Gasteiger partial charge in [0.15, 0.2) is 15.5 Å². The second kappa shape index (κ2) is 9.62. The molecule has 3 aromatic rings. The third-order valence-electron chi connectivity index (χ3n) is 5.37. The van der Waals surface area contributed by atoms with Gasteiger partial charge in [-0.05, 0) is 42.7 Å². The zero-order chi connectivity index (χ0) is 25.3. The third-order valence-corrected chi connectivity index (χ3v) is 6.43. The number of benzene rings is 1. The van der Waals surface area contributed by atoms with Crippen LogP contribution in [0.1, 0.15) is 28.9 Å². The number of aromatic nitrogens is 3. The Morgan fingerprint density at radius 1 is 1.23 bits per heavy atom. The quantitative estimate of drug-likeness (QED) is 0.405. The fraction of sp³-hybridized carbons (Fsp3) is 0.318. The van der Waals surface area contributed by atoms with Crippen molar-refractivity contribution in [1.82, 2.24) is 19.7 Å². The number of nitrogens with two attached hydrogens (primary N) is 1. The lowest BCUT2D eigenvalue weighted by molar-refractivity contribution is -0.135. The number of anilines is 1. The van der Waals surface area contributed by atoms with Gasteiger partial charge in [-0.3, -0.25) is 19.1 Å². The van der Waals surface area contributed by atoms with E-state index in [0.29, 0.717) is 16.5 Å². The standard InChI is InChI=1S/C22H23ClN6O5S/c1-35(33,34)12-13-5-8-16-15(9-13)21(22(24)32)27-29(16)11-20(31)28(14-6-7-14)10-19(30)26-18-4-2-3-17(23)25-18/h2-5,8-9,14H,6-7,10-12H2,1H3,(H2,24,32)(H,25,26,30). The lowest BCUT2D eigenvalue weighted by Crippen LogP contribution is -2.41. The molecule has 1 aliphatic carbocycles. The number of carbonyl (C=O) groups excluding carboxylic acids is 3. The van der Waals surface area contributed by atoms with Gasteiger partial charge in [0.05, 0.1) is 11.3 Å². The molecule has 11 nitrogen and oxygen atoms in total. The van der Waals surface area contributed by atoms with E-state index in [1.165, 1.54) is 15.6 Å². The van der Waals surface area contributed by atoms with Crippen molar-refractivity contribution in [3.8, 4) is 0 Å². The zero-order valence-corrected chi connectivity index (χ0v) is 20.3. The molecule has 1 fully saturated rings. The molecule has 4 rings (SSSR count). The van der Waals surface area contributed by atoms with Crippen LogP contribution in [0.4, 0.5) is 5.82 Å². The van der Waals surface area contributed by atoms with E-state index in [1.807, 2.05) is 0 Å². The molecule has 0 saturated heterocycles. The SMILES string of the molecule is CS(=O)(=O)Cc1ccc2c(c1)c(C(N)=O)nn2CC(=O)N(CC(=O)Nc1cccc(Cl)n1)C1CC1. The number of halogens is 1. The van der Waals surface area contributed by atoms with E-state index in [4.69, 9.17) is 17.3 Å². The highest BCUT2D eigenvalue weighted by molar-refractivity contribution is 7.89. The molecule has 0 bridgehead atoms. The summed E-state index contributed by atoms with van der Waals surface area (Å²) in [5.74, 6) is -1.52. The molecule has 13 heteroatoms. The van der Waals surface area contributed by atoms with Crippen molar-refractivity contribution < 1.29 is 22.8 Å². The molecular weight excluding hydrogens is 496 g/mol. The van der Waals surface area contributed by atoms with Gasteiger partial charge in [-0.15, -0.1) is 0 Å². The van der Waals surface area contributed by atoms with Crippen LogP contribution in [-0.2, 0) is 31.7 Å². The van der Waals surface area contributed by atoms with Crippen LogP contribution >= 0.6 is 11.6 Å². The first-order valence-electron chi connectivity index (χ1n) is 10.7. The number of hydrogen-bond donors (Lipinski definition) is 2. The van der Waals surface area contributed by atoms with E-state index >= 15 is 0 Å². The number of primary amides is 1. The van der Waals surface area contributed by atoms with Crippen LogP contribution in [0.15, 0.2) is 36.4 Å². The number of carbonyl (C=O) groups is 3. The minimum Gasteiger partial charge on any atom is -0.364 e. The van der Waals surface area contributed by atoms with Gasteiger partial charge in [-0.2, -0.15) is 5.10 Å². The lowest BCUT2D eigenvalue weighted by atomic mass is 10.1. The minimum absolute atomic E-state index is 0.0640. The van der Waals surface area contributed by atoms with E-state index in [2.05, 4.69) is 15.4 Å². The Morgan fingerprint density at radius 2 is 1.97 bits per heavy atom. The van der Waals surface area contributed by atoms with Crippen molar-refractivity contribution in [1.29, 1.82) is 0 Å². The summed E-state index contributed by atoms with van der Waals surface area (Å²) in [6.07, 6.45) is 2.66. The summed E-state index contributed by atoms with van der Waals surface area (Å²) in [5, 5.41) is 7.42. The molecule has 0 spiro atoms. The molecule has 0 aliphatic heterocycles. The molecule has 1 saturated carbocycles. The average molecular weight is 519 g/mol. The van der Waals surface area contributed by atoms with E-state index in [1.54, 1.807) is 30.3 Å². The number of amides is 3. The number of pyridine rings is 1. The van der Waals surface area contributed by atoms with Crippen LogP contribution in [0.25, 0.3) is 10.9 Å². The molecule has 2 aromatic heterocycles. The topological polar surface area (TPSA) is 157 Å². The third kappa shape index (κ3) is 6.14. The fourth-order valence-corrected chi connectivity index (χ4v) is 4.71. The second-order valence-corrected chi connectivity index (χ2v) is 11.0.